The Labute approximate surface area is 82.2 Å². The van der Waals surface area contributed by atoms with Crippen LogP contribution in [0.25, 0.3) is 0 Å². The highest BCUT2D eigenvalue weighted by atomic mass is 79.9. The van der Waals surface area contributed by atoms with Gasteiger partial charge in [-0.1, -0.05) is 15.9 Å². The molecule has 0 unspecified atom stereocenters. The molecule has 0 bridgehead atoms. The molecule has 0 aromatic rings. The first kappa shape index (κ1) is 9.82. The molecule has 0 aromatic carbocycles. The monoisotopic (exact) mass is 239 g/mol. The van der Waals surface area contributed by atoms with Crippen molar-refractivity contribution in [3.8, 4) is 0 Å². The molecule has 1 fully saturated rings. The molecule has 0 saturated carbocycles. The molecule has 0 aromatic heterocycles. The van der Waals surface area contributed by atoms with Crippen LogP contribution in [0.1, 0.15) is 19.3 Å². The number of piperidine rings is 1. The molecule has 0 aliphatic carbocycles. The summed E-state index contributed by atoms with van der Waals surface area (Å²) in [6.07, 6.45) is 3.60. The lowest BCUT2D eigenvalue weighted by Crippen LogP contribution is -2.34. The van der Waals surface area contributed by atoms with E-state index in [1.807, 2.05) is 0 Å². The summed E-state index contributed by atoms with van der Waals surface area (Å²) < 4.78 is 0. The number of nitrogens with zero attached hydrogens (tertiary/aromatic N) is 1. The van der Waals surface area contributed by atoms with Crippen LogP contribution in [0.4, 0.5) is 0 Å². The van der Waals surface area contributed by atoms with E-state index in [1.165, 1.54) is 38.9 Å². The predicted octanol–water partition coefficient (Wildman–Crippen LogP) is 2.47. The second kappa shape index (κ2) is 5.39. The maximum absolute atomic E-state index is 5.98. The smallest absolute Gasteiger partial charge is 0.0360 e. The van der Waals surface area contributed by atoms with Gasteiger partial charge in [0.05, 0.1) is 0 Å². The first-order valence-electron chi connectivity index (χ1n) is 4.25. The van der Waals surface area contributed by atoms with Gasteiger partial charge in [-0.2, -0.15) is 0 Å². The molecule has 1 aliphatic heterocycles. The molecule has 1 nitrogen and oxygen atoms in total. The predicted molar refractivity (Wildman–Crippen MR) is 53.7 cm³/mol. The quantitative estimate of drug-likeness (QED) is 0.685. The van der Waals surface area contributed by atoms with Gasteiger partial charge in [0.15, 0.2) is 0 Å². The number of hydrogen-bond donors (Lipinski definition) is 0. The van der Waals surface area contributed by atoms with E-state index >= 15 is 0 Å². The van der Waals surface area contributed by atoms with Gasteiger partial charge >= 0.3 is 0 Å². The van der Waals surface area contributed by atoms with Crippen molar-refractivity contribution < 1.29 is 0 Å². The molecule has 1 saturated heterocycles. The van der Waals surface area contributed by atoms with Crippen molar-refractivity contribution in [1.82, 2.24) is 4.90 Å². The Balaban J connectivity index is 2.07. The highest BCUT2D eigenvalue weighted by Crippen LogP contribution is 2.15. The average Bonchev–Trinajstić information content (AvgIpc) is 2.04. The fraction of sp³-hybridized carbons (Fsp3) is 1.00. The zero-order chi connectivity index (χ0) is 8.10. The molecule has 0 N–H and O–H groups in total. The van der Waals surface area contributed by atoms with Crippen molar-refractivity contribution in [2.24, 2.45) is 0 Å². The molecule has 1 rings (SSSR count). The number of alkyl halides is 2. The van der Waals surface area contributed by atoms with Gasteiger partial charge < -0.3 is 4.90 Å². The molecule has 1 aliphatic rings. The Bertz CT molecular complexity index is 99.5. The van der Waals surface area contributed by atoms with Crippen molar-refractivity contribution in [3.05, 3.63) is 0 Å². The Morgan fingerprint density at radius 2 is 2.00 bits per heavy atom. The van der Waals surface area contributed by atoms with Gasteiger partial charge in [0.1, 0.15) is 0 Å². The van der Waals surface area contributed by atoms with E-state index in [4.69, 9.17) is 11.6 Å². The van der Waals surface area contributed by atoms with Crippen molar-refractivity contribution in [3.63, 3.8) is 0 Å². The number of halogens is 2. The highest BCUT2D eigenvalue weighted by Gasteiger charge is 2.15. The fourth-order valence-corrected chi connectivity index (χ4v) is 1.85. The lowest BCUT2D eigenvalue weighted by atomic mass is 10.1. The SMILES string of the molecule is ClC1CCN(CCCBr)CC1. The van der Waals surface area contributed by atoms with Crippen LogP contribution in [-0.4, -0.2) is 35.2 Å². The van der Waals surface area contributed by atoms with E-state index < -0.39 is 0 Å². The Hall–Kier alpha value is 0.730. The third-order valence-corrected chi connectivity index (χ3v) is 3.12. The first-order chi connectivity index (χ1) is 5.33. The highest BCUT2D eigenvalue weighted by molar-refractivity contribution is 9.09. The van der Waals surface area contributed by atoms with Gasteiger partial charge in [-0.3, -0.25) is 0 Å². The Morgan fingerprint density at radius 3 is 2.55 bits per heavy atom. The van der Waals surface area contributed by atoms with Crippen molar-refractivity contribution in [2.45, 2.75) is 24.6 Å². The second-order valence-electron chi connectivity index (χ2n) is 3.06. The third kappa shape index (κ3) is 3.77. The molecule has 1 heterocycles. The van der Waals surface area contributed by atoms with Gasteiger partial charge in [0.25, 0.3) is 0 Å². The van der Waals surface area contributed by atoms with E-state index in [0.717, 1.165) is 5.33 Å². The third-order valence-electron chi connectivity index (χ3n) is 2.13. The molecule has 0 atom stereocenters. The molecule has 11 heavy (non-hydrogen) atoms. The van der Waals surface area contributed by atoms with E-state index in [0.29, 0.717) is 5.38 Å². The van der Waals surface area contributed by atoms with Gasteiger partial charge in [0.2, 0.25) is 0 Å². The van der Waals surface area contributed by atoms with Crippen LogP contribution in [0, 0.1) is 0 Å². The minimum Gasteiger partial charge on any atom is -0.303 e. The lowest BCUT2D eigenvalue weighted by molar-refractivity contribution is 0.232. The summed E-state index contributed by atoms with van der Waals surface area (Å²) in [5.41, 5.74) is 0. The van der Waals surface area contributed by atoms with Crippen LogP contribution < -0.4 is 0 Å². The number of likely N-dealkylation sites (tertiary alicyclic amines) is 1. The molecule has 0 radical (unpaired) electrons. The van der Waals surface area contributed by atoms with Crippen LogP contribution in [-0.2, 0) is 0 Å². The topological polar surface area (TPSA) is 3.24 Å². The van der Waals surface area contributed by atoms with Crippen molar-refractivity contribution >= 4 is 27.5 Å². The second-order valence-corrected chi connectivity index (χ2v) is 4.47. The number of hydrogen-bond acceptors (Lipinski definition) is 1. The van der Waals surface area contributed by atoms with E-state index in [2.05, 4.69) is 20.8 Å². The maximum atomic E-state index is 5.98. The van der Waals surface area contributed by atoms with Gasteiger partial charge in [0, 0.05) is 10.7 Å². The van der Waals surface area contributed by atoms with E-state index in [9.17, 15) is 0 Å². The van der Waals surface area contributed by atoms with Crippen LogP contribution >= 0.6 is 27.5 Å². The summed E-state index contributed by atoms with van der Waals surface area (Å²) in [7, 11) is 0. The van der Waals surface area contributed by atoms with Crippen LogP contribution in [0.2, 0.25) is 0 Å². The normalized spacial score (nSPS) is 22.4. The molecular weight excluding hydrogens is 225 g/mol. The molecule has 0 amide bonds. The van der Waals surface area contributed by atoms with E-state index in [1.54, 1.807) is 0 Å². The molecule has 66 valence electrons. The molecule has 0 spiro atoms. The summed E-state index contributed by atoms with van der Waals surface area (Å²) in [5.74, 6) is 0. The Morgan fingerprint density at radius 1 is 1.36 bits per heavy atom. The fourth-order valence-electron chi connectivity index (χ4n) is 1.41. The average molecular weight is 241 g/mol. The minimum atomic E-state index is 0.440. The summed E-state index contributed by atoms with van der Waals surface area (Å²) in [5, 5.41) is 1.56. The Kier molecular flexibility index (Phi) is 4.81. The zero-order valence-electron chi connectivity index (χ0n) is 6.73. The summed E-state index contributed by atoms with van der Waals surface area (Å²) in [6.45, 7) is 3.62. The largest absolute Gasteiger partial charge is 0.303 e. The zero-order valence-corrected chi connectivity index (χ0v) is 9.07. The first-order valence-corrected chi connectivity index (χ1v) is 5.81. The minimum absolute atomic E-state index is 0.440. The van der Waals surface area contributed by atoms with E-state index in [-0.39, 0.29) is 0 Å². The summed E-state index contributed by atoms with van der Waals surface area (Å²) in [6, 6.07) is 0. The standard InChI is InChI=1S/C8H15BrClN/c9-4-1-5-11-6-2-8(10)3-7-11/h8H,1-7H2. The summed E-state index contributed by atoms with van der Waals surface area (Å²) >= 11 is 9.42. The van der Waals surface area contributed by atoms with Gasteiger partial charge in [-0.15, -0.1) is 11.6 Å². The maximum Gasteiger partial charge on any atom is 0.0360 e. The number of rotatable bonds is 3. The van der Waals surface area contributed by atoms with Gasteiger partial charge in [-0.05, 0) is 38.9 Å². The summed E-state index contributed by atoms with van der Waals surface area (Å²) in [4.78, 5) is 2.50. The van der Waals surface area contributed by atoms with Crippen molar-refractivity contribution in [1.29, 1.82) is 0 Å². The molecule has 3 heteroatoms. The van der Waals surface area contributed by atoms with Crippen LogP contribution in [0.5, 0.6) is 0 Å². The van der Waals surface area contributed by atoms with Gasteiger partial charge in [-0.25, -0.2) is 0 Å². The molecular formula is C8H15BrClN. The van der Waals surface area contributed by atoms with Crippen molar-refractivity contribution in [2.75, 3.05) is 25.0 Å². The van der Waals surface area contributed by atoms with Crippen LogP contribution in [0.3, 0.4) is 0 Å². The lowest BCUT2D eigenvalue weighted by Gasteiger charge is -2.28. The van der Waals surface area contributed by atoms with Crippen LogP contribution in [0.15, 0.2) is 0 Å².